The average molecular weight is 363 g/mol. The minimum atomic E-state index is 0.0233. The van der Waals surface area contributed by atoms with Crippen molar-refractivity contribution < 1.29 is 24.3 Å². The van der Waals surface area contributed by atoms with Crippen LogP contribution in [-0.2, 0) is 6.54 Å². The van der Waals surface area contributed by atoms with Crippen LogP contribution in [0, 0.1) is 0 Å². The lowest BCUT2D eigenvalue weighted by Gasteiger charge is -2.32. The Labute approximate surface area is 151 Å². The quantitative estimate of drug-likeness (QED) is 0.832. The Morgan fingerprint density at radius 3 is 2.40 bits per heavy atom. The lowest BCUT2D eigenvalue weighted by atomic mass is 10.1. The first kappa shape index (κ1) is 17.6. The monoisotopic (exact) mass is 363 g/mol. The maximum Gasteiger partial charge on any atom is 0.264 e. The van der Waals surface area contributed by atoms with E-state index in [2.05, 4.69) is 0 Å². The minimum absolute atomic E-state index is 0.0233. The molecule has 25 heavy (non-hydrogen) atoms. The molecule has 0 bridgehead atoms. The van der Waals surface area contributed by atoms with Crippen molar-refractivity contribution in [1.82, 2.24) is 4.90 Å². The number of quaternary nitrogens is 1. The van der Waals surface area contributed by atoms with Crippen molar-refractivity contribution in [2.24, 2.45) is 0 Å². The number of piperazine rings is 1. The van der Waals surface area contributed by atoms with Crippen LogP contribution < -0.4 is 14.4 Å². The zero-order chi connectivity index (χ0) is 17.8. The predicted octanol–water partition coefficient (Wildman–Crippen LogP) is 1.01. The van der Waals surface area contributed by atoms with Crippen LogP contribution in [0.2, 0.25) is 0 Å². The highest BCUT2D eigenvalue weighted by Gasteiger charge is 2.25. The molecule has 0 atom stereocenters. The zero-order valence-corrected chi connectivity index (χ0v) is 15.3. The Balaban J connectivity index is 1.62. The molecule has 3 rings (SSSR count). The van der Waals surface area contributed by atoms with E-state index in [0.717, 1.165) is 43.2 Å². The molecule has 0 unspecified atom stereocenters. The number of hydrogen-bond donors (Lipinski definition) is 2. The standard InChI is InChI=1S/C18H22N2O4S/c1-23-14-10-13(11-15(24-2)17(14)21)12-19-5-7-20(8-6-19)18(22)16-4-3-9-25-16/h3-4,9-11,21H,5-8,12H2,1-2H3/p+1. The molecule has 1 aromatic carbocycles. The number of phenolic OH excluding ortho intramolecular Hbond substituents is 1. The molecule has 1 amide bonds. The Morgan fingerprint density at radius 2 is 1.88 bits per heavy atom. The van der Waals surface area contributed by atoms with Crippen LogP contribution in [0.15, 0.2) is 29.6 Å². The first-order valence-corrected chi connectivity index (χ1v) is 9.10. The number of hydrogen-bond acceptors (Lipinski definition) is 5. The number of nitrogens with one attached hydrogen (secondary N) is 1. The van der Waals surface area contributed by atoms with E-state index < -0.39 is 0 Å². The summed E-state index contributed by atoms with van der Waals surface area (Å²) in [4.78, 5) is 16.5. The summed E-state index contributed by atoms with van der Waals surface area (Å²) in [6.45, 7) is 4.08. The van der Waals surface area contributed by atoms with Crippen LogP contribution >= 0.6 is 11.3 Å². The second-order valence-corrected chi connectivity index (χ2v) is 6.99. The highest BCUT2D eigenvalue weighted by Crippen LogP contribution is 2.36. The zero-order valence-electron chi connectivity index (χ0n) is 14.4. The lowest BCUT2D eigenvalue weighted by molar-refractivity contribution is -0.917. The van der Waals surface area contributed by atoms with Crippen LogP contribution in [0.3, 0.4) is 0 Å². The van der Waals surface area contributed by atoms with E-state index in [0.29, 0.717) is 11.5 Å². The maximum atomic E-state index is 12.4. The van der Waals surface area contributed by atoms with Gasteiger partial charge in [0.05, 0.1) is 45.3 Å². The minimum Gasteiger partial charge on any atom is -0.502 e. The Bertz CT molecular complexity index is 700. The van der Waals surface area contributed by atoms with Gasteiger partial charge in [-0.2, -0.15) is 0 Å². The summed E-state index contributed by atoms with van der Waals surface area (Å²) in [5, 5.41) is 11.9. The van der Waals surface area contributed by atoms with Gasteiger partial charge in [0.15, 0.2) is 11.5 Å². The van der Waals surface area contributed by atoms with Gasteiger partial charge in [-0.1, -0.05) is 6.07 Å². The number of carbonyl (C=O) groups is 1. The van der Waals surface area contributed by atoms with E-state index >= 15 is 0 Å². The fourth-order valence-corrected chi connectivity index (χ4v) is 3.79. The first-order valence-electron chi connectivity index (χ1n) is 8.22. The molecule has 0 radical (unpaired) electrons. The van der Waals surface area contributed by atoms with E-state index in [1.165, 1.54) is 30.5 Å². The molecule has 6 nitrogen and oxygen atoms in total. The average Bonchev–Trinajstić information content (AvgIpc) is 3.17. The summed E-state index contributed by atoms with van der Waals surface area (Å²) >= 11 is 1.49. The number of ether oxygens (including phenoxy) is 2. The third kappa shape index (κ3) is 3.88. The second kappa shape index (κ2) is 7.76. The molecule has 1 fully saturated rings. The summed E-state index contributed by atoms with van der Waals surface area (Å²) < 4.78 is 10.4. The van der Waals surface area contributed by atoms with Crippen molar-refractivity contribution >= 4 is 17.2 Å². The summed E-state index contributed by atoms with van der Waals surface area (Å²) in [5.74, 6) is 0.984. The van der Waals surface area contributed by atoms with Crippen molar-refractivity contribution in [3.63, 3.8) is 0 Å². The number of amides is 1. The van der Waals surface area contributed by atoms with Gasteiger partial charge in [0, 0.05) is 5.56 Å². The van der Waals surface area contributed by atoms with E-state index in [1.54, 1.807) is 0 Å². The first-order chi connectivity index (χ1) is 12.1. The normalized spacial score (nSPS) is 15.2. The smallest absolute Gasteiger partial charge is 0.264 e. The molecule has 1 aromatic heterocycles. The van der Waals surface area contributed by atoms with Crippen molar-refractivity contribution in [3.8, 4) is 17.2 Å². The molecular weight excluding hydrogens is 340 g/mol. The van der Waals surface area contributed by atoms with Gasteiger partial charge in [0.1, 0.15) is 6.54 Å². The fourth-order valence-electron chi connectivity index (χ4n) is 3.10. The molecule has 0 aliphatic carbocycles. The molecule has 0 saturated carbocycles. The van der Waals surface area contributed by atoms with Gasteiger partial charge in [-0.15, -0.1) is 11.3 Å². The Kier molecular flexibility index (Phi) is 5.45. The molecule has 1 aliphatic heterocycles. The van der Waals surface area contributed by atoms with Gasteiger partial charge in [-0.25, -0.2) is 0 Å². The third-order valence-electron chi connectivity index (χ3n) is 4.48. The summed E-state index contributed by atoms with van der Waals surface area (Å²) in [5.41, 5.74) is 1.04. The van der Waals surface area contributed by atoms with Crippen LogP contribution in [0.25, 0.3) is 0 Å². The number of benzene rings is 1. The molecule has 2 heterocycles. The molecule has 2 N–H and O–H groups in total. The van der Waals surface area contributed by atoms with Gasteiger partial charge in [-0.05, 0) is 23.6 Å². The molecular formula is C18H23N2O4S+. The number of thiophene rings is 1. The van der Waals surface area contributed by atoms with Crippen LogP contribution in [0.1, 0.15) is 15.2 Å². The summed E-state index contributed by atoms with van der Waals surface area (Å²) in [7, 11) is 3.06. The van der Waals surface area contributed by atoms with Gasteiger partial charge in [0.2, 0.25) is 5.75 Å². The SMILES string of the molecule is COc1cc(C[NH+]2CCN(C(=O)c3cccs3)CC2)cc(OC)c1O. The number of nitrogens with zero attached hydrogens (tertiary/aromatic N) is 1. The molecule has 7 heteroatoms. The number of methoxy groups -OCH3 is 2. The van der Waals surface area contributed by atoms with E-state index in [1.807, 2.05) is 34.5 Å². The molecule has 134 valence electrons. The molecule has 1 saturated heterocycles. The van der Waals surface area contributed by atoms with Gasteiger partial charge >= 0.3 is 0 Å². The molecule has 0 spiro atoms. The van der Waals surface area contributed by atoms with Crippen molar-refractivity contribution in [3.05, 3.63) is 40.1 Å². The maximum absolute atomic E-state index is 12.4. The third-order valence-corrected chi connectivity index (χ3v) is 5.34. The lowest BCUT2D eigenvalue weighted by Crippen LogP contribution is -3.13. The molecule has 2 aromatic rings. The fraction of sp³-hybridized carbons (Fsp3) is 0.389. The Morgan fingerprint density at radius 1 is 1.24 bits per heavy atom. The second-order valence-electron chi connectivity index (χ2n) is 6.05. The summed E-state index contributed by atoms with van der Waals surface area (Å²) in [6.07, 6.45) is 0. The van der Waals surface area contributed by atoms with Crippen molar-refractivity contribution in [2.75, 3.05) is 40.4 Å². The van der Waals surface area contributed by atoms with Gasteiger partial charge in [0.25, 0.3) is 5.91 Å². The van der Waals surface area contributed by atoms with Crippen molar-refractivity contribution in [2.45, 2.75) is 6.54 Å². The van der Waals surface area contributed by atoms with Gasteiger partial charge in [-0.3, -0.25) is 4.79 Å². The van der Waals surface area contributed by atoms with Crippen molar-refractivity contribution in [1.29, 1.82) is 0 Å². The number of aromatic hydroxyl groups is 1. The largest absolute Gasteiger partial charge is 0.502 e. The Hall–Kier alpha value is -2.25. The van der Waals surface area contributed by atoms with Crippen LogP contribution in [-0.4, -0.2) is 56.3 Å². The van der Waals surface area contributed by atoms with E-state index in [-0.39, 0.29) is 11.7 Å². The van der Waals surface area contributed by atoms with E-state index in [9.17, 15) is 9.90 Å². The topological polar surface area (TPSA) is 63.4 Å². The highest BCUT2D eigenvalue weighted by molar-refractivity contribution is 7.12. The highest BCUT2D eigenvalue weighted by atomic mass is 32.1. The number of phenols is 1. The summed E-state index contributed by atoms with van der Waals surface area (Å²) in [6, 6.07) is 7.47. The van der Waals surface area contributed by atoms with Crippen LogP contribution in [0.4, 0.5) is 0 Å². The van der Waals surface area contributed by atoms with Gasteiger partial charge < -0.3 is 24.4 Å². The van der Waals surface area contributed by atoms with E-state index in [4.69, 9.17) is 9.47 Å². The number of carbonyl (C=O) groups excluding carboxylic acids is 1. The predicted molar refractivity (Wildman–Crippen MR) is 95.8 cm³/mol. The number of rotatable bonds is 5. The molecule has 1 aliphatic rings. The van der Waals surface area contributed by atoms with Crippen LogP contribution in [0.5, 0.6) is 17.2 Å².